The summed E-state index contributed by atoms with van der Waals surface area (Å²) in [6, 6.07) is 11.8. The number of nitrogens with zero attached hydrogens (tertiary/aromatic N) is 6. The molecule has 1 unspecified atom stereocenters. The van der Waals surface area contributed by atoms with Gasteiger partial charge in [0.25, 0.3) is 0 Å². The van der Waals surface area contributed by atoms with Crippen LogP contribution in [0.5, 0.6) is 6.01 Å². The average Bonchev–Trinajstić information content (AvgIpc) is 3.64. The molecule has 5 atom stereocenters. The minimum Gasteiger partial charge on any atom is -0.461 e. The number of hydrogen-bond donors (Lipinski definition) is 2. The van der Waals surface area contributed by atoms with Crippen LogP contribution in [0.15, 0.2) is 42.6 Å². The van der Waals surface area contributed by atoms with E-state index >= 15 is 4.39 Å². The summed E-state index contributed by atoms with van der Waals surface area (Å²) in [7, 11) is 0. The minimum absolute atomic E-state index is 0.0229. The van der Waals surface area contributed by atoms with Crippen LogP contribution in [-0.4, -0.2) is 109 Å². The summed E-state index contributed by atoms with van der Waals surface area (Å²) in [5.74, 6) is -0.0553. The number of piperazine rings is 1. The third-order valence-corrected chi connectivity index (χ3v) is 10.9. The summed E-state index contributed by atoms with van der Waals surface area (Å²) in [4.78, 5) is 33.6. The Morgan fingerprint density at radius 2 is 1.68 bits per heavy atom. The number of halogens is 1. The Morgan fingerprint density at radius 1 is 1.00 bits per heavy atom. The van der Waals surface area contributed by atoms with E-state index in [0.29, 0.717) is 55.8 Å². The zero-order valence-corrected chi connectivity index (χ0v) is 29.1. The van der Waals surface area contributed by atoms with Gasteiger partial charge in [0.1, 0.15) is 29.2 Å². The number of carbonyl (C=O) groups is 1. The van der Waals surface area contributed by atoms with Gasteiger partial charge in [0.15, 0.2) is 5.82 Å². The molecule has 0 saturated carbocycles. The highest BCUT2D eigenvalue weighted by molar-refractivity contribution is 6.00. The van der Waals surface area contributed by atoms with Crippen LogP contribution in [0.25, 0.3) is 32.9 Å². The van der Waals surface area contributed by atoms with Crippen LogP contribution in [0.3, 0.4) is 0 Å². The summed E-state index contributed by atoms with van der Waals surface area (Å²) in [6.45, 7) is 9.74. The normalized spacial score (nSPS) is 26.6. The van der Waals surface area contributed by atoms with Crippen molar-refractivity contribution in [2.24, 2.45) is 0 Å². The van der Waals surface area contributed by atoms with E-state index in [1.165, 1.54) is 0 Å². The van der Waals surface area contributed by atoms with Gasteiger partial charge in [0.2, 0.25) is 0 Å². The van der Waals surface area contributed by atoms with E-state index in [9.17, 15) is 15.0 Å². The average molecular weight is 685 g/mol. The molecule has 8 rings (SSSR count). The Labute approximate surface area is 291 Å². The molecule has 4 aliphatic heterocycles. The van der Waals surface area contributed by atoms with E-state index in [2.05, 4.69) is 27.8 Å². The maximum absolute atomic E-state index is 17.0. The highest BCUT2D eigenvalue weighted by Crippen LogP contribution is 2.41. The van der Waals surface area contributed by atoms with E-state index in [4.69, 9.17) is 19.4 Å². The Kier molecular flexibility index (Phi) is 8.11. The molecular formula is C38H45FN6O5. The van der Waals surface area contributed by atoms with Gasteiger partial charge in [-0.25, -0.2) is 9.18 Å². The fourth-order valence-corrected chi connectivity index (χ4v) is 8.84. The number of hydrogen-bond acceptors (Lipinski definition) is 10. The molecule has 264 valence electrons. The largest absolute Gasteiger partial charge is 0.461 e. The number of benzene rings is 2. The van der Waals surface area contributed by atoms with E-state index < -0.39 is 29.2 Å². The molecule has 0 spiro atoms. The number of anilines is 1. The number of fused-ring (bicyclic) bond motifs is 5. The Morgan fingerprint density at radius 3 is 2.34 bits per heavy atom. The lowest BCUT2D eigenvalue weighted by Gasteiger charge is -2.42. The van der Waals surface area contributed by atoms with Gasteiger partial charge in [-0.2, -0.15) is 9.97 Å². The Balaban J connectivity index is 1.20. The summed E-state index contributed by atoms with van der Waals surface area (Å²) in [5, 5.41) is 23.4. The second-order valence-electron chi connectivity index (χ2n) is 15.5. The number of aryl methyl sites for hydroxylation is 1. The molecule has 4 aromatic rings. The third kappa shape index (κ3) is 5.71. The second kappa shape index (κ2) is 12.3. The van der Waals surface area contributed by atoms with Gasteiger partial charge in [0.05, 0.1) is 35.2 Å². The van der Waals surface area contributed by atoms with Crippen molar-refractivity contribution in [2.75, 3.05) is 37.7 Å². The third-order valence-electron chi connectivity index (χ3n) is 10.9. The molecule has 4 saturated heterocycles. The first-order valence-corrected chi connectivity index (χ1v) is 17.8. The first kappa shape index (κ1) is 33.0. The first-order chi connectivity index (χ1) is 23.9. The van der Waals surface area contributed by atoms with Crippen molar-refractivity contribution in [1.82, 2.24) is 24.8 Å². The van der Waals surface area contributed by atoms with Crippen molar-refractivity contribution in [1.29, 1.82) is 0 Å². The van der Waals surface area contributed by atoms with Crippen LogP contribution in [-0.2, 0) is 11.2 Å². The lowest BCUT2D eigenvalue weighted by molar-refractivity contribution is 0.0122. The molecule has 2 bridgehead atoms. The summed E-state index contributed by atoms with van der Waals surface area (Å²) >= 11 is 0. The quantitative estimate of drug-likeness (QED) is 0.284. The zero-order chi connectivity index (χ0) is 34.9. The number of β-amino-alcohol motifs (C(OH)–C–C–N with tert-alkyl or cyclic N) is 2. The van der Waals surface area contributed by atoms with Gasteiger partial charge >= 0.3 is 12.1 Å². The Hall–Kier alpha value is -4.13. The van der Waals surface area contributed by atoms with Crippen LogP contribution in [0.1, 0.15) is 58.9 Å². The van der Waals surface area contributed by atoms with Crippen molar-refractivity contribution in [3.8, 4) is 17.3 Å². The topological polar surface area (TPSA) is 124 Å². The molecule has 2 aromatic heterocycles. The number of pyridine rings is 1. The molecule has 2 N–H and O–H groups in total. The van der Waals surface area contributed by atoms with Crippen LogP contribution >= 0.6 is 0 Å². The standard InChI is InChI=1S/C38H45FN6O5/c1-5-22-8-6-9-23-10-7-11-28(30(22)23)32-31(39)33-29(16-40-32)34(43-17-24-12-13-25(18-43)45(24)36(48)50-37(2,3)4)42-35(41-33)49-21-38-14-26(46)19-44(38)20-27(47)15-38/h6-11,16,24-27,46-47H,5,12-15,17-21H2,1-4H3/t24-,25+,26-,27+,38?. The smallest absolute Gasteiger partial charge is 0.410 e. The fraction of sp³-hybridized carbons (Fsp3) is 0.526. The van der Waals surface area contributed by atoms with Gasteiger partial charge in [-0.1, -0.05) is 43.3 Å². The predicted molar refractivity (Wildman–Crippen MR) is 188 cm³/mol. The van der Waals surface area contributed by atoms with Crippen LogP contribution in [0.4, 0.5) is 15.0 Å². The van der Waals surface area contributed by atoms with Gasteiger partial charge in [-0.3, -0.25) is 14.8 Å². The van der Waals surface area contributed by atoms with Crippen molar-refractivity contribution in [3.05, 3.63) is 54.0 Å². The monoisotopic (exact) mass is 684 g/mol. The molecule has 11 nitrogen and oxygen atoms in total. The van der Waals surface area contributed by atoms with E-state index in [-0.39, 0.29) is 42.0 Å². The predicted octanol–water partition coefficient (Wildman–Crippen LogP) is 5.08. The Bertz CT molecular complexity index is 1930. The number of ether oxygens (including phenoxy) is 2. The van der Waals surface area contributed by atoms with Crippen LogP contribution in [0.2, 0.25) is 0 Å². The highest BCUT2D eigenvalue weighted by atomic mass is 19.1. The number of aliphatic hydroxyl groups is 2. The molecule has 12 heteroatoms. The lowest BCUT2D eigenvalue weighted by atomic mass is 9.93. The molecule has 0 aliphatic carbocycles. The number of aromatic nitrogens is 3. The number of amides is 1. The molecule has 4 aliphatic rings. The summed E-state index contributed by atoms with van der Waals surface area (Å²) < 4.78 is 29.1. The van der Waals surface area contributed by atoms with E-state index in [1.54, 1.807) is 6.20 Å². The van der Waals surface area contributed by atoms with Crippen molar-refractivity contribution >= 4 is 33.6 Å². The maximum atomic E-state index is 17.0. The highest BCUT2D eigenvalue weighted by Gasteiger charge is 2.52. The molecule has 4 fully saturated rings. The van der Waals surface area contributed by atoms with Gasteiger partial charge in [-0.05, 0) is 69.2 Å². The van der Waals surface area contributed by atoms with Crippen molar-refractivity contribution in [2.45, 2.75) is 95.2 Å². The van der Waals surface area contributed by atoms with Crippen LogP contribution in [0, 0.1) is 5.82 Å². The maximum Gasteiger partial charge on any atom is 0.410 e. The number of aliphatic hydroxyl groups excluding tert-OH is 2. The van der Waals surface area contributed by atoms with Gasteiger partial charge in [-0.15, -0.1) is 0 Å². The molecular weight excluding hydrogens is 639 g/mol. The zero-order valence-electron chi connectivity index (χ0n) is 29.1. The lowest BCUT2D eigenvalue weighted by Crippen LogP contribution is -2.57. The van der Waals surface area contributed by atoms with Crippen LogP contribution < -0.4 is 9.64 Å². The van der Waals surface area contributed by atoms with E-state index in [1.807, 2.05) is 56.0 Å². The first-order valence-electron chi connectivity index (χ1n) is 17.8. The fourth-order valence-electron chi connectivity index (χ4n) is 8.84. The minimum atomic E-state index is -0.606. The molecule has 6 heterocycles. The second-order valence-corrected chi connectivity index (χ2v) is 15.5. The van der Waals surface area contributed by atoms with E-state index in [0.717, 1.165) is 35.6 Å². The van der Waals surface area contributed by atoms with Gasteiger partial charge in [0, 0.05) is 37.9 Å². The molecule has 0 radical (unpaired) electrons. The number of rotatable bonds is 6. The number of carbonyl (C=O) groups excluding carboxylic acids is 1. The molecule has 1 amide bonds. The van der Waals surface area contributed by atoms with Crippen molar-refractivity contribution < 1.29 is 28.9 Å². The SMILES string of the molecule is CCc1cccc2cccc(-c3ncc4c(N5C[C@H]6CC[C@@H](C5)N6C(=O)OC(C)(C)C)nc(OCC56C[C@H](O)CN5C[C@H](O)C6)nc4c3F)c12. The summed E-state index contributed by atoms with van der Waals surface area (Å²) in [6.07, 6.45) is 3.67. The van der Waals surface area contributed by atoms with Crippen molar-refractivity contribution in [3.63, 3.8) is 0 Å². The molecule has 2 aromatic carbocycles. The summed E-state index contributed by atoms with van der Waals surface area (Å²) in [5.41, 5.74) is 0.946. The molecule has 50 heavy (non-hydrogen) atoms. The van der Waals surface area contributed by atoms with Gasteiger partial charge < -0.3 is 24.6 Å².